The fraction of sp³-hybridized carbons (Fsp3) is 0.500. The van der Waals surface area contributed by atoms with E-state index in [0.29, 0.717) is 6.61 Å². The largest absolute Gasteiger partial charge is 0.358 e. The Hall–Kier alpha value is -0.530. The van der Waals surface area contributed by atoms with Crippen molar-refractivity contribution >= 4 is 11.6 Å². The number of hydrogen-bond donors (Lipinski definition) is 0. The molecular weight excluding hydrogens is 196 g/mol. The molecule has 1 aromatic rings. The molecule has 0 aliphatic carbocycles. The van der Waals surface area contributed by atoms with E-state index in [2.05, 4.69) is 6.92 Å². The van der Waals surface area contributed by atoms with Gasteiger partial charge in [0.15, 0.2) is 0 Å². The van der Waals surface area contributed by atoms with Gasteiger partial charge in [-0.3, -0.25) is 0 Å². The monoisotopic (exact) mass is 212 g/mol. The SMILES string of the molecule is CCCCC(Cl)OCc1ccccc1. The van der Waals surface area contributed by atoms with Gasteiger partial charge in [-0.15, -0.1) is 0 Å². The summed E-state index contributed by atoms with van der Waals surface area (Å²) in [5.74, 6) is 0. The van der Waals surface area contributed by atoms with Crippen LogP contribution in [0, 0.1) is 0 Å². The van der Waals surface area contributed by atoms with Crippen molar-refractivity contribution in [2.24, 2.45) is 0 Å². The quantitative estimate of drug-likeness (QED) is 0.649. The van der Waals surface area contributed by atoms with Crippen molar-refractivity contribution in [2.75, 3.05) is 0 Å². The summed E-state index contributed by atoms with van der Waals surface area (Å²) < 4.78 is 5.50. The molecule has 0 aliphatic rings. The summed E-state index contributed by atoms with van der Waals surface area (Å²) in [5.41, 5.74) is 1.03. The molecule has 0 saturated heterocycles. The molecule has 0 aliphatic heterocycles. The minimum Gasteiger partial charge on any atom is -0.358 e. The van der Waals surface area contributed by atoms with Crippen molar-refractivity contribution in [3.63, 3.8) is 0 Å². The highest BCUT2D eigenvalue weighted by molar-refractivity contribution is 6.19. The minimum absolute atomic E-state index is 0.143. The zero-order valence-electron chi connectivity index (χ0n) is 8.58. The summed E-state index contributed by atoms with van der Waals surface area (Å²) in [6.45, 7) is 2.76. The number of ether oxygens (including phenoxy) is 1. The third-order valence-electron chi connectivity index (χ3n) is 2.06. The van der Waals surface area contributed by atoms with Crippen molar-refractivity contribution in [1.82, 2.24) is 0 Å². The molecule has 1 rings (SSSR count). The molecule has 78 valence electrons. The van der Waals surface area contributed by atoms with E-state index < -0.39 is 0 Å². The lowest BCUT2D eigenvalue weighted by Crippen LogP contribution is -2.04. The average molecular weight is 213 g/mol. The number of rotatable bonds is 6. The molecule has 1 aromatic carbocycles. The Kier molecular flexibility index (Phi) is 5.65. The first-order valence-electron chi connectivity index (χ1n) is 5.12. The Morgan fingerprint density at radius 3 is 2.64 bits per heavy atom. The van der Waals surface area contributed by atoms with Gasteiger partial charge in [0.25, 0.3) is 0 Å². The summed E-state index contributed by atoms with van der Waals surface area (Å²) in [6.07, 6.45) is 3.23. The van der Waals surface area contributed by atoms with Gasteiger partial charge in [0, 0.05) is 0 Å². The van der Waals surface area contributed by atoms with Crippen LogP contribution in [0.1, 0.15) is 31.7 Å². The van der Waals surface area contributed by atoms with Crippen LogP contribution in [-0.4, -0.2) is 5.56 Å². The van der Waals surface area contributed by atoms with E-state index >= 15 is 0 Å². The fourth-order valence-corrected chi connectivity index (χ4v) is 1.43. The van der Waals surface area contributed by atoms with Gasteiger partial charge in [-0.05, 0) is 18.4 Å². The van der Waals surface area contributed by atoms with Gasteiger partial charge in [-0.2, -0.15) is 0 Å². The van der Waals surface area contributed by atoms with E-state index in [4.69, 9.17) is 16.3 Å². The molecule has 1 unspecified atom stereocenters. The second-order valence-electron chi connectivity index (χ2n) is 3.35. The predicted molar refractivity (Wildman–Crippen MR) is 60.4 cm³/mol. The van der Waals surface area contributed by atoms with Crippen LogP contribution in [0.4, 0.5) is 0 Å². The summed E-state index contributed by atoms with van der Waals surface area (Å²) >= 11 is 5.99. The van der Waals surface area contributed by atoms with E-state index in [-0.39, 0.29) is 5.56 Å². The van der Waals surface area contributed by atoms with Crippen LogP contribution in [0.15, 0.2) is 30.3 Å². The lowest BCUT2D eigenvalue weighted by atomic mass is 10.2. The molecule has 0 amide bonds. The maximum Gasteiger partial charge on any atom is 0.131 e. The molecule has 0 heterocycles. The molecule has 0 bridgehead atoms. The third kappa shape index (κ3) is 4.64. The molecule has 0 saturated carbocycles. The van der Waals surface area contributed by atoms with Crippen molar-refractivity contribution in [1.29, 1.82) is 0 Å². The molecule has 14 heavy (non-hydrogen) atoms. The van der Waals surface area contributed by atoms with Crippen molar-refractivity contribution in [3.8, 4) is 0 Å². The van der Waals surface area contributed by atoms with Gasteiger partial charge in [0.1, 0.15) is 5.56 Å². The first-order valence-corrected chi connectivity index (χ1v) is 5.56. The van der Waals surface area contributed by atoms with Crippen LogP contribution in [-0.2, 0) is 11.3 Å². The maximum atomic E-state index is 5.99. The smallest absolute Gasteiger partial charge is 0.131 e. The number of halogens is 1. The van der Waals surface area contributed by atoms with Crippen LogP contribution >= 0.6 is 11.6 Å². The maximum absolute atomic E-state index is 5.99. The molecule has 1 nitrogen and oxygen atoms in total. The number of alkyl halides is 1. The van der Waals surface area contributed by atoms with Crippen LogP contribution in [0.25, 0.3) is 0 Å². The Balaban J connectivity index is 2.20. The fourth-order valence-electron chi connectivity index (χ4n) is 1.21. The third-order valence-corrected chi connectivity index (χ3v) is 2.40. The number of benzene rings is 1. The van der Waals surface area contributed by atoms with E-state index in [1.165, 1.54) is 5.56 Å². The highest BCUT2D eigenvalue weighted by atomic mass is 35.5. The summed E-state index contributed by atoms with van der Waals surface area (Å²) in [7, 11) is 0. The second kappa shape index (κ2) is 6.86. The van der Waals surface area contributed by atoms with Gasteiger partial charge in [-0.25, -0.2) is 0 Å². The molecule has 0 radical (unpaired) electrons. The predicted octanol–water partition coefficient (Wildman–Crippen LogP) is 3.96. The topological polar surface area (TPSA) is 9.23 Å². The lowest BCUT2D eigenvalue weighted by molar-refractivity contribution is 0.0872. The highest BCUT2D eigenvalue weighted by Gasteiger charge is 2.03. The zero-order valence-corrected chi connectivity index (χ0v) is 9.33. The molecule has 2 heteroatoms. The minimum atomic E-state index is -0.143. The average Bonchev–Trinajstić information content (AvgIpc) is 2.25. The van der Waals surface area contributed by atoms with E-state index in [9.17, 15) is 0 Å². The molecule has 0 aromatic heterocycles. The van der Waals surface area contributed by atoms with Crippen LogP contribution in [0.2, 0.25) is 0 Å². The zero-order chi connectivity index (χ0) is 10.2. The molecule has 0 spiro atoms. The Morgan fingerprint density at radius 1 is 1.29 bits per heavy atom. The summed E-state index contributed by atoms with van der Waals surface area (Å²) in [5, 5.41) is 0. The van der Waals surface area contributed by atoms with Crippen LogP contribution < -0.4 is 0 Å². The number of hydrogen-bond acceptors (Lipinski definition) is 1. The molecule has 0 fully saturated rings. The highest BCUT2D eigenvalue weighted by Crippen LogP contribution is 2.11. The van der Waals surface area contributed by atoms with E-state index in [1.807, 2.05) is 30.3 Å². The van der Waals surface area contributed by atoms with Gasteiger partial charge in [0.2, 0.25) is 0 Å². The van der Waals surface area contributed by atoms with Crippen molar-refractivity contribution in [3.05, 3.63) is 35.9 Å². The first kappa shape index (κ1) is 11.5. The number of unbranched alkanes of at least 4 members (excludes halogenated alkanes) is 1. The lowest BCUT2D eigenvalue weighted by Gasteiger charge is -2.10. The van der Waals surface area contributed by atoms with Gasteiger partial charge in [0.05, 0.1) is 6.61 Å². The molecule has 0 N–H and O–H groups in total. The summed E-state index contributed by atoms with van der Waals surface area (Å²) in [6, 6.07) is 10.1. The van der Waals surface area contributed by atoms with Crippen molar-refractivity contribution in [2.45, 2.75) is 38.4 Å². The van der Waals surface area contributed by atoms with E-state index in [0.717, 1.165) is 19.3 Å². The van der Waals surface area contributed by atoms with Crippen LogP contribution in [0.3, 0.4) is 0 Å². The van der Waals surface area contributed by atoms with Gasteiger partial charge in [-0.1, -0.05) is 55.3 Å². The molecule has 1 atom stereocenters. The second-order valence-corrected chi connectivity index (χ2v) is 3.84. The van der Waals surface area contributed by atoms with E-state index in [1.54, 1.807) is 0 Å². The Morgan fingerprint density at radius 2 is 2.00 bits per heavy atom. The Bertz CT molecular complexity index is 235. The van der Waals surface area contributed by atoms with Gasteiger partial charge < -0.3 is 4.74 Å². The molecular formula is C12H17ClO. The van der Waals surface area contributed by atoms with Crippen LogP contribution in [0.5, 0.6) is 0 Å². The standard InChI is InChI=1S/C12H17ClO/c1-2-3-9-12(13)14-10-11-7-5-4-6-8-11/h4-8,12H,2-3,9-10H2,1H3. The van der Waals surface area contributed by atoms with Crippen molar-refractivity contribution < 1.29 is 4.74 Å². The Labute approximate surface area is 91.0 Å². The normalized spacial score (nSPS) is 12.7. The van der Waals surface area contributed by atoms with Gasteiger partial charge >= 0.3 is 0 Å². The summed E-state index contributed by atoms with van der Waals surface area (Å²) in [4.78, 5) is 0. The first-order chi connectivity index (χ1) is 6.83.